The Labute approximate surface area is 78.1 Å². The van der Waals surface area contributed by atoms with E-state index < -0.39 is 0 Å². The maximum Gasteiger partial charge on any atom is -0.00163 e. The molecule has 0 fully saturated rings. The van der Waals surface area contributed by atoms with E-state index in [1.54, 1.807) is 0 Å². The Balaban J connectivity index is 3.43. The zero-order valence-corrected chi connectivity index (χ0v) is 9.27. The Hall–Kier alpha value is -0.0400. The molecular formula is C11H25N. The van der Waals surface area contributed by atoms with E-state index in [1.807, 2.05) is 0 Å². The molecule has 0 radical (unpaired) electrons. The fourth-order valence-electron chi connectivity index (χ4n) is 1.35. The minimum atomic E-state index is 0.899. The van der Waals surface area contributed by atoms with Gasteiger partial charge in [-0.25, -0.2) is 0 Å². The van der Waals surface area contributed by atoms with Gasteiger partial charge in [0.05, 0.1) is 0 Å². The van der Waals surface area contributed by atoms with Crippen molar-refractivity contribution in [2.45, 2.75) is 47.0 Å². The van der Waals surface area contributed by atoms with Gasteiger partial charge >= 0.3 is 0 Å². The Bertz CT molecular complexity index is 91.0. The summed E-state index contributed by atoms with van der Waals surface area (Å²) in [6, 6.07) is 0. The molecule has 0 aliphatic heterocycles. The number of hydrogen-bond donors (Lipinski definition) is 0. The fraction of sp³-hybridized carbons (Fsp3) is 1.00. The summed E-state index contributed by atoms with van der Waals surface area (Å²) in [4.78, 5) is 2.55. The average molecular weight is 171 g/mol. The van der Waals surface area contributed by atoms with Gasteiger partial charge in [-0.3, -0.25) is 0 Å². The third kappa shape index (κ3) is 5.59. The van der Waals surface area contributed by atoms with Crippen molar-refractivity contribution in [2.75, 3.05) is 19.6 Å². The molecule has 0 aromatic carbocycles. The van der Waals surface area contributed by atoms with E-state index in [1.165, 1.54) is 38.9 Å². The molecule has 0 aliphatic rings. The summed E-state index contributed by atoms with van der Waals surface area (Å²) in [5.74, 6) is 0.899. The molecule has 0 saturated heterocycles. The van der Waals surface area contributed by atoms with Crippen molar-refractivity contribution in [3.8, 4) is 0 Å². The Morgan fingerprint density at radius 1 is 1.08 bits per heavy atom. The van der Waals surface area contributed by atoms with Gasteiger partial charge in [0.1, 0.15) is 0 Å². The van der Waals surface area contributed by atoms with Crippen molar-refractivity contribution in [3.63, 3.8) is 0 Å². The first-order valence-corrected chi connectivity index (χ1v) is 5.46. The Morgan fingerprint density at radius 3 is 2.17 bits per heavy atom. The minimum absolute atomic E-state index is 0.899. The van der Waals surface area contributed by atoms with E-state index >= 15 is 0 Å². The van der Waals surface area contributed by atoms with Crippen LogP contribution in [0.5, 0.6) is 0 Å². The molecule has 0 rings (SSSR count). The number of rotatable bonds is 7. The van der Waals surface area contributed by atoms with Crippen molar-refractivity contribution in [2.24, 2.45) is 5.92 Å². The van der Waals surface area contributed by atoms with Crippen LogP contribution in [0.3, 0.4) is 0 Å². The minimum Gasteiger partial charge on any atom is -0.304 e. The zero-order chi connectivity index (χ0) is 9.40. The first kappa shape index (κ1) is 12.0. The predicted octanol–water partition coefficient (Wildman–Crippen LogP) is 3.15. The van der Waals surface area contributed by atoms with Gasteiger partial charge in [0.15, 0.2) is 0 Å². The van der Waals surface area contributed by atoms with E-state index in [2.05, 4.69) is 32.6 Å². The quantitative estimate of drug-likeness (QED) is 0.569. The van der Waals surface area contributed by atoms with Crippen LogP contribution in [-0.2, 0) is 0 Å². The second kappa shape index (κ2) is 7.60. The first-order chi connectivity index (χ1) is 5.74. The standard InChI is InChI=1S/C11H25N/c1-5-9-12(7-3)10-8-11(4)6-2/h11H,5-10H2,1-4H3. The van der Waals surface area contributed by atoms with Crippen LogP contribution in [0.4, 0.5) is 0 Å². The number of nitrogens with zero attached hydrogens (tertiary/aromatic N) is 1. The van der Waals surface area contributed by atoms with Crippen LogP contribution < -0.4 is 0 Å². The van der Waals surface area contributed by atoms with E-state index in [-0.39, 0.29) is 0 Å². The number of hydrogen-bond acceptors (Lipinski definition) is 1. The fourth-order valence-corrected chi connectivity index (χ4v) is 1.35. The van der Waals surface area contributed by atoms with Crippen LogP contribution in [0.25, 0.3) is 0 Å². The highest BCUT2D eigenvalue weighted by molar-refractivity contribution is 4.57. The van der Waals surface area contributed by atoms with Crippen LogP contribution in [0, 0.1) is 5.92 Å². The van der Waals surface area contributed by atoms with Gasteiger partial charge in [-0.15, -0.1) is 0 Å². The van der Waals surface area contributed by atoms with Crippen LogP contribution in [-0.4, -0.2) is 24.5 Å². The van der Waals surface area contributed by atoms with Crippen molar-refractivity contribution in [1.82, 2.24) is 4.90 Å². The molecule has 0 aliphatic carbocycles. The molecule has 0 amide bonds. The largest absolute Gasteiger partial charge is 0.304 e. The van der Waals surface area contributed by atoms with Crippen molar-refractivity contribution in [3.05, 3.63) is 0 Å². The molecule has 12 heavy (non-hydrogen) atoms. The highest BCUT2D eigenvalue weighted by Crippen LogP contribution is 2.07. The van der Waals surface area contributed by atoms with Gasteiger partial charge in [-0.2, -0.15) is 0 Å². The topological polar surface area (TPSA) is 3.24 Å². The van der Waals surface area contributed by atoms with E-state index in [0.29, 0.717) is 0 Å². The van der Waals surface area contributed by atoms with Gasteiger partial charge in [0, 0.05) is 0 Å². The summed E-state index contributed by atoms with van der Waals surface area (Å²) >= 11 is 0. The summed E-state index contributed by atoms with van der Waals surface area (Å²) in [7, 11) is 0. The molecule has 1 heteroatoms. The van der Waals surface area contributed by atoms with E-state index in [0.717, 1.165) is 5.92 Å². The summed E-state index contributed by atoms with van der Waals surface area (Å²) < 4.78 is 0. The molecule has 0 aromatic rings. The average Bonchev–Trinajstić information content (AvgIpc) is 2.11. The van der Waals surface area contributed by atoms with Gasteiger partial charge in [0.2, 0.25) is 0 Å². The smallest absolute Gasteiger partial charge is 0.00163 e. The second-order valence-electron chi connectivity index (χ2n) is 3.74. The molecular weight excluding hydrogens is 146 g/mol. The molecule has 0 aromatic heterocycles. The maximum absolute atomic E-state index is 2.55. The van der Waals surface area contributed by atoms with E-state index in [9.17, 15) is 0 Å². The molecule has 0 N–H and O–H groups in total. The van der Waals surface area contributed by atoms with Crippen molar-refractivity contribution in [1.29, 1.82) is 0 Å². The molecule has 1 nitrogen and oxygen atoms in total. The molecule has 1 atom stereocenters. The lowest BCUT2D eigenvalue weighted by Crippen LogP contribution is -2.26. The Morgan fingerprint density at radius 2 is 1.75 bits per heavy atom. The lowest BCUT2D eigenvalue weighted by atomic mass is 10.1. The lowest BCUT2D eigenvalue weighted by Gasteiger charge is -2.21. The third-order valence-electron chi connectivity index (χ3n) is 2.62. The first-order valence-electron chi connectivity index (χ1n) is 5.46. The van der Waals surface area contributed by atoms with Gasteiger partial charge in [0.25, 0.3) is 0 Å². The summed E-state index contributed by atoms with van der Waals surface area (Å²) in [6.07, 6.45) is 3.97. The SMILES string of the molecule is CCCN(CC)CCC(C)CC. The van der Waals surface area contributed by atoms with Gasteiger partial charge in [-0.1, -0.05) is 34.1 Å². The molecule has 74 valence electrons. The zero-order valence-electron chi connectivity index (χ0n) is 9.27. The molecule has 0 bridgehead atoms. The van der Waals surface area contributed by atoms with Crippen LogP contribution in [0.1, 0.15) is 47.0 Å². The summed E-state index contributed by atoms with van der Waals surface area (Å²) in [5.41, 5.74) is 0. The molecule has 0 spiro atoms. The normalized spacial score (nSPS) is 13.8. The van der Waals surface area contributed by atoms with Crippen molar-refractivity contribution >= 4 is 0 Å². The predicted molar refractivity (Wildman–Crippen MR) is 56.5 cm³/mol. The third-order valence-corrected chi connectivity index (χ3v) is 2.62. The molecule has 0 heterocycles. The second-order valence-corrected chi connectivity index (χ2v) is 3.74. The highest BCUT2D eigenvalue weighted by atomic mass is 15.1. The summed E-state index contributed by atoms with van der Waals surface area (Å²) in [5, 5.41) is 0. The van der Waals surface area contributed by atoms with Crippen LogP contribution >= 0.6 is 0 Å². The van der Waals surface area contributed by atoms with E-state index in [4.69, 9.17) is 0 Å². The molecule has 1 unspecified atom stereocenters. The maximum atomic E-state index is 2.55. The summed E-state index contributed by atoms with van der Waals surface area (Å²) in [6.45, 7) is 12.9. The monoisotopic (exact) mass is 171 g/mol. The van der Waals surface area contributed by atoms with Crippen molar-refractivity contribution < 1.29 is 0 Å². The van der Waals surface area contributed by atoms with Gasteiger partial charge in [-0.05, 0) is 38.4 Å². The van der Waals surface area contributed by atoms with Crippen LogP contribution in [0.2, 0.25) is 0 Å². The van der Waals surface area contributed by atoms with Crippen LogP contribution in [0.15, 0.2) is 0 Å². The highest BCUT2D eigenvalue weighted by Gasteiger charge is 2.03. The molecule has 0 saturated carbocycles. The Kier molecular flexibility index (Phi) is 7.58. The lowest BCUT2D eigenvalue weighted by molar-refractivity contribution is 0.265. The van der Waals surface area contributed by atoms with Gasteiger partial charge < -0.3 is 4.90 Å².